The van der Waals surface area contributed by atoms with E-state index >= 15 is 0 Å². The molecule has 2 heterocycles. The minimum atomic E-state index is -0.393. The lowest BCUT2D eigenvalue weighted by Crippen LogP contribution is -2.38. The standard InChI is InChI=1S/C19H20FN5O3S/c1-24(11-16(26)21-10-13-6-5-9-28-13)17(27)12-29-19-23-22-18(25(19)2)14-7-3-4-8-15(14)20/h3-9H,10-12H2,1-2H3,(H,21,26). The Morgan fingerprint density at radius 3 is 2.76 bits per heavy atom. The second-order valence-corrected chi connectivity index (χ2v) is 7.18. The molecule has 1 N–H and O–H groups in total. The Hall–Kier alpha value is -3.14. The van der Waals surface area contributed by atoms with Crippen LogP contribution in [0.2, 0.25) is 0 Å². The smallest absolute Gasteiger partial charge is 0.239 e. The van der Waals surface area contributed by atoms with Gasteiger partial charge in [-0.05, 0) is 24.3 Å². The number of carbonyl (C=O) groups excluding carboxylic acids is 2. The van der Waals surface area contributed by atoms with Gasteiger partial charge < -0.3 is 19.2 Å². The maximum Gasteiger partial charge on any atom is 0.239 e. The van der Waals surface area contributed by atoms with Gasteiger partial charge in [0.1, 0.15) is 11.6 Å². The van der Waals surface area contributed by atoms with E-state index in [0.29, 0.717) is 22.3 Å². The van der Waals surface area contributed by atoms with Gasteiger partial charge in [-0.2, -0.15) is 0 Å². The van der Waals surface area contributed by atoms with Crippen molar-refractivity contribution in [2.24, 2.45) is 7.05 Å². The summed E-state index contributed by atoms with van der Waals surface area (Å²) in [5.74, 6) is 0.169. The molecule has 0 saturated carbocycles. The second-order valence-electron chi connectivity index (χ2n) is 6.24. The molecule has 0 unspecified atom stereocenters. The van der Waals surface area contributed by atoms with Crippen LogP contribution in [0.4, 0.5) is 4.39 Å². The molecule has 3 rings (SSSR count). The summed E-state index contributed by atoms with van der Waals surface area (Å²) in [7, 11) is 3.26. The van der Waals surface area contributed by atoms with Crippen LogP contribution in [-0.2, 0) is 23.2 Å². The first-order valence-corrected chi connectivity index (χ1v) is 9.74. The first-order chi connectivity index (χ1) is 14.0. The average molecular weight is 417 g/mol. The first kappa shape index (κ1) is 20.6. The van der Waals surface area contributed by atoms with Crippen LogP contribution in [-0.4, -0.2) is 50.8 Å². The molecule has 0 radical (unpaired) electrons. The van der Waals surface area contributed by atoms with Crippen LogP contribution < -0.4 is 5.32 Å². The zero-order chi connectivity index (χ0) is 20.8. The van der Waals surface area contributed by atoms with Gasteiger partial charge in [0.15, 0.2) is 11.0 Å². The van der Waals surface area contributed by atoms with Crippen LogP contribution in [0.5, 0.6) is 0 Å². The molecule has 0 aliphatic heterocycles. The summed E-state index contributed by atoms with van der Waals surface area (Å²) in [6.45, 7) is 0.194. The van der Waals surface area contributed by atoms with Crippen molar-refractivity contribution in [1.29, 1.82) is 0 Å². The summed E-state index contributed by atoms with van der Waals surface area (Å²) in [6.07, 6.45) is 1.53. The van der Waals surface area contributed by atoms with Crippen LogP contribution in [0.3, 0.4) is 0 Å². The maximum absolute atomic E-state index is 14.0. The summed E-state index contributed by atoms with van der Waals surface area (Å²) in [5, 5.41) is 11.2. The molecule has 3 aromatic rings. The number of amides is 2. The summed E-state index contributed by atoms with van der Waals surface area (Å²) in [6, 6.07) is 9.78. The van der Waals surface area contributed by atoms with E-state index in [9.17, 15) is 14.0 Å². The van der Waals surface area contributed by atoms with E-state index in [-0.39, 0.29) is 30.7 Å². The minimum absolute atomic E-state index is 0.0700. The first-order valence-electron chi connectivity index (χ1n) is 8.76. The molecule has 8 nitrogen and oxygen atoms in total. The third-order valence-electron chi connectivity index (χ3n) is 4.12. The number of furan rings is 1. The third-order valence-corrected chi connectivity index (χ3v) is 5.13. The molecular formula is C19H20FN5O3S. The molecule has 0 aliphatic carbocycles. The van der Waals surface area contributed by atoms with Crippen molar-refractivity contribution >= 4 is 23.6 Å². The van der Waals surface area contributed by atoms with E-state index in [1.807, 2.05) is 0 Å². The van der Waals surface area contributed by atoms with Gasteiger partial charge in [-0.1, -0.05) is 23.9 Å². The summed E-state index contributed by atoms with van der Waals surface area (Å²) in [4.78, 5) is 25.6. The number of carbonyl (C=O) groups is 2. The van der Waals surface area contributed by atoms with E-state index < -0.39 is 5.82 Å². The number of rotatable bonds is 8. The van der Waals surface area contributed by atoms with Crippen LogP contribution >= 0.6 is 11.8 Å². The molecule has 2 amide bonds. The summed E-state index contributed by atoms with van der Waals surface area (Å²) >= 11 is 1.17. The lowest BCUT2D eigenvalue weighted by Gasteiger charge is -2.16. The van der Waals surface area contributed by atoms with Crippen molar-refractivity contribution in [3.63, 3.8) is 0 Å². The summed E-state index contributed by atoms with van der Waals surface area (Å²) in [5.41, 5.74) is 0.339. The molecule has 10 heteroatoms. The molecule has 29 heavy (non-hydrogen) atoms. The number of thioether (sulfide) groups is 1. The fourth-order valence-electron chi connectivity index (χ4n) is 2.51. The molecule has 2 aromatic heterocycles. The van der Waals surface area contributed by atoms with Crippen molar-refractivity contribution in [3.8, 4) is 11.4 Å². The van der Waals surface area contributed by atoms with Gasteiger partial charge in [-0.25, -0.2) is 4.39 Å². The van der Waals surface area contributed by atoms with Gasteiger partial charge in [0.2, 0.25) is 11.8 Å². The lowest BCUT2D eigenvalue weighted by molar-refractivity contribution is -0.132. The van der Waals surface area contributed by atoms with Gasteiger partial charge in [0.05, 0.1) is 30.7 Å². The molecule has 0 bridgehead atoms. The van der Waals surface area contributed by atoms with Crippen molar-refractivity contribution in [3.05, 3.63) is 54.2 Å². The predicted octanol–water partition coefficient (Wildman–Crippen LogP) is 2.08. The molecule has 0 atom stereocenters. The van der Waals surface area contributed by atoms with E-state index in [2.05, 4.69) is 15.5 Å². The molecule has 152 valence electrons. The largest absolute Gasteiger partial charge is 0.467 e. The van der Waals surface area contributed by atoms with Crippen molar-refractivity contribution < 1.29 is 18.4 Å². The Labute approximate surface area is 171 Å². The number of halogens is 1. The molecule has 1 aromatic carbocycles. The average Bonchev–Trinajstić information content (AvgIpc) is 3.35. The van der Waals surface area contributed by atoms with Gasteiger partial charge >= 0.3 is 0 Å². The molecule has 0 fully saturated rings. The summed E-state index contributed by atoms with van der Waals surface area (Å²) < 4.78 is 20.7. The number of hydrogen-bond donors (Lipinski definition) is 1. The highest BCUT2D eigenvalue weighted by Gasteiger charge is 2.18. The number of aromatic nitrogens is 3. The van der Waals surface area contributed by atoms with Gasteiger partial charge in [0.25, 0.3) is 0 Å². The Kier molecular flexibility index (Phi) is 6.65. The highest BCUT2D eigenvalue weighted by atomic mass is 32.2. The van der Waals surface area contributed by atoms with Crippen LogP contribution in [0.15, 0.2) is 52.2 Å². The number of nitrogens with zero attached hydrogens (tertiary/aromatic N) is 4. The quantitative estimate of drug-likeness (QED) is 0.564. The van der Waals surface area contributed by atoms with E-state index in [4.69, 9.17) is 4.42 Å². The third kappa shape index (κ3) is 5.23. The Balaban J connectivity index is 1.51. The molecular weight excluding hydrogens is 397 g/mol. The van der Waals surface area contributed by atoms with Crippen molar-refractivity contribution in [1.82, 2.24) is 25.0 Å². The fraction of sp³-hybridized carbons (Fsp3) is 0.263. The zero-order valence-electron chi connectivity index (χ0n) is 16.0. The van der Waals surface area contributed by atoms with Crippen molar-refractivity contribution in [2.75, 3.05) is 19.3 Å². The Morgan fingerprint density at radius 2 is 2.03 bits per heavy atom. The lowest BCUT2D eigenvalue weighted by atomic mass is 10.2. The SMILES string of the molecule is CN(CC(=O)NCc1ccco1)C(=O)CSc1nnc(-c2ccccc2F)n1C. The van der Waals surface area contributed by atoms with E-state index in [1.165, 1.54) is 29.0 Å². The van der Waals surface area contributed by atoms with E-state index in [0.717, 1.165) is 0 Å². The number of benzene rings is 1. The fourth-order valence-corrected chi connectivity index (χ4v) is 3.36. The maximum atomic E-state index is 14.0. The minimum Gasteiger partial charge on any atom is -0.467 e. The van der Waals surface area contributed by atoms with Crippen LogP contribution in [0.25, 0.3) is 11.4 Å². The highest BCUT2D eigenvalue weighted by Crippen LogP contribution is 2.24. The number of likely N-dealkylation sites (N-methyl/N-ethyl adjacent to an activating group) is 1. The number of hydrogen-bond acceptors (Lipinski definition) is 6. The Morgan fingerprint density at radius 1 is 1.24 bits per heavy atom. The number of nitrogens with one attached hydrogen (secondary N) is 1. The van der Waals surface area contributed by atoms with Gasteiger partial charge in [0, 0.05) is 14.1 Å². The van der Waals surface area contributed by atoms with Crippen LogP contribution in [0, 0.1) is 5.82 Å². The van der Waals surface area contributed by atoms with Gasteiger partial charge in [-0.15, -0.1) is 10.2 Å². The predicted molar refractivity (Wildman–Crippen MR) is 105 cm³/mol. The van der Waals surface area contributed by atoms with Crippen LogP contribution in [0.1, 0.15) is 5.76 Å². The van der Waals surface area contributed by atoms with E-state index in [1.54, 1.807) is 49.0 Å². The molecule has 0 saturated heterocycles. The van der Waals surface area contributed by atoms with Crippen molar-refractivity contribution in [2.45, 2.75) is 11.7 Å². The second kappa shape index (κ2) is 9.37. The normalized spacial score (nSPS) is 10.7. The highest BCUT2D eigenvalue weighted by molar-refractivity contribution is 7.99. The zero-order valence-corrected chi connectivity index (χ0v) is 16.8. The molecule has 0 spiro atoms. The van der Waals surface area contributed by atoms with Gasteiger partial charge in [-0.3, -0.25) is 9.59 Å². The Bertz CT molecular complexity index is 990. The molecule has 0 aliphatic rings. The topological polar surface area (TPSA) is 93.3 Å². The monoisotopic (exact) mass is 417 g/mol.